The molecule has 36 heavy (non-hydrogen) atoms. The monoisotopic (exact) mass is 480 g/mol. The smallest absolute Gasteiger partial charge is 0.165 e. The molecular formula is C31H28O5. The van der Waals surface area contributed by atoms with Gasteiger partial charge in [0.1, 0.15) is 42.2 Å². The molecule has 0 aromatic heterocycles. The van der Waals surface area contributed by atoms with E-state index in [0.717, 1.165) is 33.8 Å². The minimum Gasteiger partial charge on any atom is -0.504 e. The molecule has 1 N–H and O–H groups in total. The molecular weight excluding hydrogens is 452 g/mol. The fourth-order valence-corrected chi connectivity index (χ4v) is 5.13. The zero-order valence-corrected chi connectivity index (χ0v) is 20.3. The maximum atomic E-state index is 10.8. The first-order valence-electron chi connectivity index (χ1n) is 12.2. The zero-order chi connectivity index (χ0) is 24.7. The maximum absolute atomic E-state index is 10.8. The van der Waals surface area contributed by atoms with Gasteiger partial charge < -0.3 is 24.1 Å². The van der Waals surface area contributed by atoms with Crippen molar-refractivity contribution in [1.82, 2.24) is 0 Å². The Hall–Kier alpha value is -4.12. The molecule has 2 atom stereocenters. The Morgan fingerprint density at radius 3 is 2.11 bits per heavy atom. The van der Waals surface area contributed by atoms with Gasteiger partial charge in [-0.05, 0) is 43.2 Å². The lowest BCUT2D eigenvalue weighted by Gasteiger charge is -2.41. The molecule has 0 amide bonds. The summed E-state index contributed by atoms with van der Waals surface area (Å²) in [5.41, 5.74) is 3.47. The van der Waals surface area contributed by atoms with E-state index in [-0.39, 0.29) is 17.8 Å². The van der Waals surface area contributed by atoms with E-state index in [2.05, 4.69) is 13.8 Å². The molecule has 6 rings (SSSR count). The molecule has 5 heteroatoms. The number of benzene rings is 4. The summed E-state index contributed by atoms with van der Waals surface area (Å²) in [5.74, 6) is 2.63. The summed E-state index contributed by atoms with van der Waals surface area (Å²) < 4.78 is 24.9. The lowest BCUT2D eigenvalue weighted by atomic mass is 9.77. The highest BCUT2D eigenvalue weighted by molar-refractivity contribution is 5.58. The molecule has 0 saturated carbocycles. The van der Waals surface area contributed by atoms with Crippen LogP contribution in [0.2, 0.25) is 0 Å². The van der Waals surface area contributed by atoms with Gasteiger partial charge >= 0.3 is 0 Å². The summed E-state index contributed by atoms with van der Waals surface area (Å²) in [7, 11) is 0. The van der Waals surface area contributed by atoms with Gasteiger partial charge in [0.25, 0.3) is 0 Å². The molecule has 4 aromatic carbocycles. The van der Waals surface area contributed by atoms with Gasteiger partial charge in [0.15, 0.2) is 11.5 Å². The molecule has 2 aliphatic heterocycles. The van der Waals surface area contributed by atoms with Crippen LogP contribution < -0.4 is 18.9 Å². The van der Waals surface area contributed by atoms with Crippen molar-refractivity contribution >= 4 is 0 Å². The molecule has 2 heterocycles. The second-order valence-electron chi connectivity index (χ2n) is 9.83. The summed E-state index contributed by atoms with van der Waals surface area (Å²) >= 11 is 0. The van der Waals surface area contributed by atoms with Crippen LogP contribution in [-0.4, -0.2) is 10.7 Å². The van der Waals surface area contributed by atoms with Crippen LogP contribution in [0, 0.1) is 0 Å². The lowest BCUT2D eigenvalue weighted by Crippen LogP contribution is -2.42. The molecule has 0 radical (unpaired) electrons. The number of rotatable bonds is 6. The highest BCUT2D eigenvalue weighted by Crippen LogP contribution is 2.58. The van der Waals surface area contributed by atoms with Crippen molar-refractivity contribution in [2.24, 2.45) is 0 Å². The predicted octanol–water partition coefficient (Wildman–Crippen LogP) is 6.94. The second-order valence-corrected chi connectivity index (χ2v) is 9.83. The maximum Gasteiger partial charge on any atom is 0.165 e. The number of aromatic hydroxyl groups is 1. The van der Waals surface area contributed by atoms with Crippen LogP contribution in [0.5, 0.6) is 28.7 Å². The summed E-state index contributed by atoms with van der Waals surface area (Å²) in [6.45, 7) is 4.96. The average Bonchev–Trinajstić information content (AvgIpc) is 3.26. The molecule has 2 aliphatic rings. The van der Waals surface area contributed by atoms with E-state index in [4.69, 9.17) is 18.9 Å². The first kappa shape index (κ1) is 22.4. The Kier molecular flexibility index (Phi) is 5.48. The summed E-state index contributed by atoms with van der Waals surface area (Å²) in [4.78, 5) is 0. The Morgan fingerprint density at radius 1 is 0.750 bits per heavy atom. The van der Waals surface area contributed by atoms with E-state index >= 15 is 0 Å². The zero-order valence-electron chi connectivity index (χ0n) is 20.3. The second kappa shape index (κ2) is 8.83. The van der Waals surface area contributed by atoms with Crippen molar-refractivity contribution in [1.29, 1.82) is 0 Å². The normalized spacial score (nSPS) is 18.7. The number of ether oxygens (including phenoxy) is 4. The first-order valence-corrected chi connectivity index (χ1v) is 12.2. The predicted molar refractivity (Wildman–Crippen MR) is 137 cm³/mol. The van der Waals surface area contributed by atoms with Gasteiger partial charge in [0.2, 0.25) is 0 Å². The largest absolute Gasteiger partial charge is 0.504 e. The number of phenolic OH excluding ortho intramolecular Hbond substituents is 1. The van der Waals surface area contributed by atoms with Crippen LogP contribution in [-0.2, 0) is 13.2 Å². The van der Waals surface area contributed by atoms with Crippen molar-refractivity contribution in [3.05, 3.63) is 113 Å². The fraction of sp³-hybridized carbons (Fsp3) is 0.226. The van der Waals surface area contributed by atoms with E-state index in [0.29, 0.717) is 24.7 Å². The molecule has 2 unspecified atom stereocenters. The van der Waals surface area contributed by atoms with E-state index in [1.54, 1.807) is 12.1 Å². The third kappa shape index (κ3) is 4.11. The molecule has 5 nitrogen and oxygen atoms in total. The number of hydrogen-bond donors (Lipinski definition) is 1. The van der Waals surface area contributed by atoms with Crippen molar-refractivity contribution in [3.8, 4) is 28.7 Å². The molecule has 0 fully saturated rings. The van der Waals surface area contributed by atoms with Gasteiger partial charge in [-0.2, -0.15) is 0 Å². The minimum absolute atomic E-state index is 0.0786. The van der Waals surface area contributed by atoms with E-state index in [1.165, 1.54) is 0 Å². The van der Waals surface area contributed by atoms with Gasteiger partial charge in [-0.25, -0.2) is 0 Å². The lowest BCUT2D eigenvalue weighted by molar-refractivity contribution is 0.0127. The Labute approximate surface area is 210 Å². The van der Waals surface area contributed by atoms with Crippen LogP contribution in [0.15, 0.2) is 91.0 Å². The molecule has 0 aliphatic carbocycles. The van der Waals surface area contributed by atoms with Crippen molar-refractivity contribution in [3.63, 3.8) is 0 Å². The number of hydrogen-bond acceptors (Lipinski definition) is 5. The first-order chi connectivity index (χ1) is 17.5. The number of phenols is 1. The Bertz CT molecular complexity index is 1380. The van der Waals surface area contributed by atoms with Gasteiger partial charge in [-0.1, -0.05) is 60.7 Å². The molecule has 4 aromatic rings. The molecule has 0 spiro atoms. The van der Waals surface area contributed by atoms with Gasteiger partial charge in [0.05, 0.1) is 5.92 Å². The van der Waals surface area contributed by atoms with Crippen LogP contribution >= 0.6 is 0 Å². The third-order valence-corrected chi connectivity index (χ3v) is 6.88. The standard InChI is InChI=1S/C31H28O5/c1-31(2)29-24-16-25(32)28(34-19-21-11-7-4-8-12-21)17-26(24)35-30(29)23-14-13-22(15-27(23)36-31)33-18-20-9-5-3-6-10-20/h3-17,29-30,32H,18-19H2,1-2H3. The quantitative estimate of drug-likeness (QED) is 0.324. The van der Waals surface area contributed by atoms with E-state index in [9.17, 15) is 5.11 Å². The summed E-state index contributed by atoms with van der Waals surface area (Å²) in [6.07, 6.45) is -0.231. The van der Waals surface area contributed by atoms with Crippen LogP contribution in [0.25, 0.3) is 0 Å². The third-order valence-electron chi connectivity index (χ3n) is 6.88. The van der Waals surface area contributed by atoms with Crippen LogP contribution in [0.3, 0.4) is 0 Å². The van der Waals surface area contributed by atoms with Crippen molar-refractivity contribution in [2.75, 3.05) is 0 Å². The SMILES string of the molecule is CC1(C)Oc2cc(OCc3ccccc3)ccc2C2Oc3cc(OCc4ccccc4)c(O)cc3C21. The topological polar surface area (TPSA) is 57.2 Å². The summed E-state index contributed by atoms with van der Waals surface area (Å²) in [5, 5.41) is 10.8. The fourth-order valence-electron chi connectivity index (χ4n) is 5.13. The average molecular weight is 481 g/mol. The summed E-state index contributed by atoms with van der Waals surface area (Å²) in [6, 6.07) is 29.4. The minimum atomic E-state index is -0.556. The Balaban J connectivity index is 1.25. The molecule has 0 saturated heterocycles. The highest BCUT2D eigenvalue weighted by Gasteiger charge is 2.51. The number of fused-ring (bicyclic) bond motifs is 5. The molecule has 0 bridgehead atoms. The van der Waals surface area contributed by atoms with Crippen LogP contribution in [0.1, 0.15) is 48.1 Å². The van der Waals surface area contributed by atoms with Crippen molar-refractivity contribution < 1.29 is 24.1 Å². The van der Waals surface area contributed by atoms with Crippen LogP contribution in [0.4, 0.5) is 0 Å². The van der Waals surface area contributed by atoms with Gasteiger partial charge in [0, 0.05) is 23.3 Å². The van der Waals surface area contributed by atoms with E-state index in [1.807, 2.05) is 78.9 Å². The van der Waals surface area contributed by atoms with Crippen molar-refractivity contribution in [2.45, 2.75) is 44.7 Å². The van der Waals surface area contributed by atoms with Gasteiger partial charge in [-0.15, -0.1) is 0 Å². The molecule has 182 valence electrons. The highest BCUT2D eigenvalue weighted by atomic mass is 16.5. The van der Waals surface area contributed by atoms with Gasteiger partial charge in [-0.3, -0.25) is 0 Å². The Morgan fingerprint density at radius 2 is 1.42 bits per heavy atom. The van der Waals surface area contributed by atoms with E-state index < -0.39 is 5.60 Å².